The number of aryl methyl sites for hydroxylation is 2. The van der Waals surface area contributed by atoms with Crippen LogP contribution in [0, 0.1) is 13.8 Å². The summed E-state index contributed by atoms with van der Waals surface area (Å²) in [5.74, 6) is 0.103. The highest BCUT2D eigenvalue weighted by Gasteiger charge is 2.35. The summed E-state index contributed by atoms with van der Waals surface area (Å²) in [6, 6.07) is 10.6. The van der Waals surface area contributed by atoms with Crippen molar-refractivity contribution in [1.29, 1.82) is 0 Å². The molecule has 4 nitrogen and oxygen atoms in total. The molecule has 0 aliphatic heterocycles. The van der Waals surface area contributed by atoms with Crippen molar-refractivity contribution in [2.24, 2.45) is 0 Å². The summed E-state index contributed by atoms with van der Waals surface area (Å²) in [7, 11) is 0. The van der Waals surface area contributed by atoms with Gasteiger partial charge in [-0.25, -0.2) is 4.79 Å². The summed E-state index contributed by atoms with van der Waals surface area (Å²) >= 11 is 5.87. The highest BCUT2D eigenvalue weighted by Crippen LogP contribution is 2.30. The Labute approximate surface area is 183 Å². The van der Waals surface area contributed by atoms with Crippen LogP contribution in [0.25, 0.3) is 6.08 Å². The second-order valence-corrected chi connectivity index (χ2v) is 9.24. The van der Waals surface area contributed by atoms with Gasteiger partial charge in [-0.2, -0.15) is 0 Å². The molecule has 0 saturated heterocycles. The number of carbonyl (C=O) groups is 2. The molecule has 0 aromatic heterocycles. The Hall–Kier alpha value is -2.59. The molecule has 0 saturated carbocycles. The average Bonchev–Trinajstić information content (AvgIpc) is 2.62. The predicted octanol–water partition coefficient (Wildman–Crippen LogP) is 6.35. The lowest BCUT2D eigenvalue weighted by atomic mass is 10.0. The van der Waals surface area contributed by atoms with E-state index >= 15 is 0 Å². The molecular formula is C25H29ClO4. The van der Waals surface area contributed by atoms with Gasteiger partial charge in [0.2, 0.25) is 0 Å². The molecule has 0 heterocycles. The van der Waals surface area contributed by atoms with Crippen LogP contribution in [0.1, 0.15) is 61.7 Å². The third-order valence-electron chi connectivity index (χ3n) is 4.29. The van der Waals surface area contributed by atoms with Crippen LogP contribution < -0.4 is 4.74 Å². The number of hydrogen-bond donors (Lipinski definition) is 0. The normalized spacial score (nSPS) is 12.1. The standard InChI is InChI=1S/C25H29ClO4/c1-16-14-18(8-13-21(27)19-9-11-20(26)12-10-19)15-17(2)22(16)29-25(6,7)23(28)30-24(3,4)5/h8-15H,1-7H3/b13-8+. The summed E-state index contributed by atoms with van der Waals surface area (Å²) in [6.07, 6.45) is 3.29. The molecule has 2 aromatic carbocycles. The smallest absolute Gasteiger partial charge is 0.350 e. The van der Waals surface area contributed by atoms with E-state index in [0.29, 0.717) is 16.3 Å². The molecule has 0 bridgehead atoms. The van der Waals surface area contributed by atoms with Crippen molar-refractivity contribution >= 4 is 29.4 Å². The number of carbonyl (C=O) groups excluding carboxylic acids is 2. The highest BCUT2D eigenvalue weighted by molar-refractivity contribution is 6.30. The minimum atomic E-state index is -1.13. The molecule has 30 heavy (non-hydrogen) atoms. The van der Waals surface area contributed by atoms with E-state index in [0.717, 1.165) is 16.7 Å². The zero-order valence-corrected chi connectivity index (χ0v) is 19.4. The SMILES string of the molecule is Cc1cc(/C=C/C(=O)c2ccc(Cl)cc2)cc(C)c1OC(C)(C)C(=O)OC(C)(C)C. The number of halogens is 1. The molecule has 160 valence electrons. The first kappa shape index (κ1) is 23.7. The molecule has 2 rings (SSSR count). The maximum atomic E-state index is 12.5. The van der Waals surface area contributed by atoms with Gasteiger partial charge in [-0.05, 0) is 108 Å². The van der Waals surface area contributed by atoms with Gasteiger partial charge in [0.25, 0.3) is 0 Å². The Morgan fingerprint density at radius 2 is 1.47 bits per heavy atom. The molecule has 0 amide bonds. The van der Waals surface area contributed by atoms with Crippen molar-refractivity contribution < 1.29 is 19.1 Å². The Bertz CT molecular complexity index is 941. The lowest BCUT2D eigenvalue weighted by Crippen LogP contribution is -2.43. The average molecular weight is 429 g/mol. The van der Waals surface area contributed by atoms with E-state index in [1.165, 1.54) is 6.08 Å². The molecule has 0 aliphatic rings. The van der Waals surface area contributed by atoms with Crippen molar-refractivity contribution in [1.82, 2.24) is 0 Å². The zero-order chi connectivity index (χ0) is 22.7. The molecule has 0 fully saturated rings. The number of allylic oxidation sites excluding steroid dienone is 1. The molecule has 2 aromatic rings. The number of hydrogen-bond acceptors (Lipinski definition) is 4. The molecule has 0 N–H and O–H groups in total. The first-order valence-electron chi connectivity index (χ1n) is 9.80. The first-order chi connectivity index (χ1) is 13.8. The summed E-state index contributed by atoms with van der Waals surface area (Å²) < 4.78 is 11.5. The highest BCUT2D eigenvalue weighted by atomic mass is 35.5. The topological polar surface area (TPSA) is 52.6 Å². The van der Waals surface area contributed by atoms with Crippen LogP contribution in [0.2, 0.25) is 5.02 Å². The zero-order valence-electron chi connectivity index (χ0n) is 18.6. The maximum absolute atomic E-state index is 12.5. The van der Waals surface area contributed by atoms with Crippen LogP contribution in [-0.4, -0.2) is 23.0 Å². The lowest BCUT2D eigenvalue weighted by molar-refractivity contribution is -0.171. The largest absolute Gasteiger partial charge is 0.476 e. The minimum absolute atomic E-state index is 0.103. The number of esters is 1. The van der Waals surface area contributed by atoms with E-state index in [9.17, 15) is 9.59 Å². The predicted molar refractivity (Wildman–Crippen MR) is 121 cm³/mol. The van der Waals surface area contributed by atoms with Crippen molar-refractivity contribution in [3.8, 4) is 5.75 Å². The van der Waals surface area contributed by atoms with E-state index in [1.54, 1.807) is 44.2 Å². The summed E-state index contributed by atoms with van der Waals surface area (Å²) in [5.41, 5.74) is 1.45. The van der Waals surface area contributed by atoms with Gasteiger partial charge in [-0.15, -0.1) is 0 Å². The van der Waals surface area contributed by atoms with E-state index in [-0.39, 0.29) is 5.78 Å². The van der Waals surface area contributed by atoms with E-state index in [2.05, 4.69) is 0 Å². The fourth-order valence-corrected chi connectivity index (χ4v) is 2.95. The first-order valence-corrected chi connectivity index (χ1v) is 10.2. The fraction of sp³-hybridized carbons (Fsp3) is 0.360. The van der Waals surface area contributed by atoms with Crippen LogP contribution in [0.5, 0.6) is 5.75 Å². The summed E-state index contributed by atoms with van der Waals surface area (Å²) in [6.45, 7) is 12.7. The second kappa shape index (κ2) is 9.05. The Balaban J connectivity index is 2.19. The molecular weight excluding hydrogens is 400 g/mol. The monoisotopic (exact) mass is 428 g/mol. The van der Waals surface area contributed by atoms with Gasteiger partial charge in [-0.3, -0.25) is 4.79 Å². The second-order valence-electron chi connectivity index (χ2n) is 8.80. The van der Waals surface area contributed by atoms with Crippen molar-refractivity contribution in [2.75, 3.05) is 0 Å². The third-order valence-corrected chi connectivity index (χ3v) is 4.54. The quantitative estimate of drug-likeness (QED) is 0.305. The number of rotatable bonds is 6. The molecule has 0 spiro atoms. The van der Waals surface area contributed by atoms with Crippen LogP contribution >= 0.6 is 11.6 Å². The van der Waals surface area contributed by atoms with Gasteiger partial charge in [-0.1, -0.05) is 17.7 Å². The maximum Gasteiger partial charge on any atom is 0.350 e. The van der Waals surface area contributed by atoms with Crippen molar-refractivity contribution in [3.05, 3.63) is 69.8 Å². The van der Waals surface area contributed by atoms with E-state index in [4.69, 9.17) is 21.1 Å². The minimum Gasteiger partial charge on any atom is -0.476 e. The number of ketones is 1. The van der Waals surface area contributed by atoms with Crippen molar-refractivity contribution in [3.63, 3.8) is 0 Å². The third kappa shape index (κ3) is 6.46. The summed E-state index contributed by atoms with van der Waals surface area (Å²) in [4.78, 5) is 24.8. The number of ether oxygens (including phenoxy) is 2. The lowest BCUT2D eigenvalue weighted by Gasteiger charge is -2.30. The molecule has 0 aliphatic carbocycles. The van der Waals surface area contributed by atoms with Gasteiger partial charge in [0, 0.05) is 10.6 Å². The summed E-state index contributed by atoms with van der Waals surface area (Å²) in [5, 5.41) is 0.590. The van der Waals surface area contributed by atoms with Gasteiger partial charge in [0.05, 0.1) is 0 Å². The van der Waals surface area contributed by atoms with E-state index in [1.807, 2.05) is 46.8 Å². The van der Waals surface area contributed by atoms with Gasteiger partial charge in [0.1, 0.15) is 11.4 Å². The van der Waals surface area contributed by atoms with Crippen LogP contribution in [0.15, 0.2) is 42.5 Å². The van der Waals surface area contributed by atoms with Gasteiger partial charge in [0.15, 0.2) is 11.4 Å². The van der Waals surface area contributed by atoms with E-state index < -0.39 is 17.2 Å². The Morgan fingerprint density at radius 3 is 1.97 bits per heavy atom. The fourth-order valence-electron chi connectivity index (χ4n) is 2.82. The van der Waals surface area contributed by atoms with Crippen LogP contribution in [-0.2, 0) is 9.53 Å². The van der Waals surface area contributed by atoms with Crippen LogP contribution in [0.4, 0.5) is 0 Å². The van der Waals surface area contributed by atoms with Crippen LogP contribution in [0.3, 0.4) is 0 Å². The Kier molecular flexibility index (Phi) is 7.14. The van der Waals surface area contributed by atoms with Gasteiger partial charge >= 0.3 is 5.97 Å². The number of benzene rings is 2. The molecule has 0 unspecified atom stereocenters. The Morgan fingerprint density at radius 1 is 0.933 bits per heavy atom. The molecule has 0 radical (unpaired) electrons. The van der Waals surface area contributed by atoms with Gasteiger partial charge < -0.3 is 9.47 Å². The molecule has 0 atom stereocenters. The van der Waals surface area contributed by atoms with Crippen molar-refractivity contribution in [2.45, 2.75) is 59.7 Å². The molecule has 5 heteroatoms.